The fourth-order valence-corrected chi connectivity index (χ4v) is 7.60. The molecule has 31 heavy (non-hydrogen) atoms. The number of hydrogen-bond acceptors (Lipinski definition) is 5. The fraction of sp³-hybridized carbons (Fsp3) is 0.846. The number of esters is 2. The van der Waals surface area contributed by atoms with Crippen LogP contribution in [0.15, 0.2) is 12.2 Å². The molecule has 0 aromatic carbocycles. The second-order valence-corrected chi connectivity index (χ2v) is 10.9. The molecule has 8 atom stereocenters. The van der Waals surface area contributed by atoms with Gasteiger partial charge in [0.2, 0.25) is 0 Å². The van der Waals surface area contributed by atoms with Crippen LogP contribution in [0.25, 0.3) is 0 Å². The van der Waals surface area contributed by atoms with E-state index in [1.54, 1.807) is 0 Å². The van der Waals surface area contributed by atoms with Crippen molar-refractivity contribution in [3.05, 3.63) is 12.2 Å². The average Bonchev–Trinajstić information content (AvgIpc) is 3.04. The number of rotatable bonds is 6. The molecule has 176 valence electrons. The highest BCUT2D eigenvalue weighted by Crippen LogP contribution is 2.63. The van der Waals surface area contributed by atoms with Crippen molar-refractivity contribution in [3.63, 3.8) is 0 Å². The van der Waals surface area contributed by atoms with Gasteiger partial charge in [-0.1, -0.05) is 26.0 Å². The number of fused-ring (bicyclic) bond motifs is 1. The van der Waals surface area contributed by atoms with E-state index in [2.05, 4.69) is 27.4 Å². The van der Waals surface area contributed by atoms with E-state index >= 15 is 0 Å². The first-order chi connectivity index (χ1) is 14.5. The van der Waals surface area contributed by atoms with Crippen LogP contribution in [0.5, 0.6) is 0 Å². The van der Waals surface area contributed by atoms with Gasteiger partial charge >= 0.3 is 11.9 Å². The summed E-state index contributed by atoms with van der Waals surface area (Å²) in [5, 5.41) is 0. The minimum absolute atomic E-state index is 0.0184. The number of methoxy groups -OCH3 is 1. The first kappa shape index (κ1) is 24.3. The molecule has 0 aliphatic heterocycles. The van der Waals surface area contributed by atoms with Crippen molar-refractivity contribution >= 4 is 11.9 Å². The standard InChI is InChI=1S/C26H42O5/c1-16(2)21-8-9-22-24(29-7)23(11-13-26(21,22)6)25(5)12-10-20(31-18(4)28)14-19(25)15-30-17(3)27/h19-24H,1,8-15H2,2-7H3/t19-,20+,21-,22?,23?,24+,25+,26-/m1/s1. The largest absolute Gasteiger partial charge is 0.466 e. The zero-order valence-corrected chi connectivity index (χ0v) is 20.4. The fourth-order valence-electron chi connectivity index (χ4n) is 7.60. The molecule has 3 aliphatic carbocycles. The molecule has 0 spiro atoms. The predicted octanol–water partition coefficient (Wildman–Crippen LogP) is 5.32. The van der Waals surface area contributed by atoms with Gasteiger partial charge in [-0.15, -0.1) is 0 Å². The predicted molar refractivity (Wildman–Crippen MR) is 120 cm³/mol. The zero-order valence-electron chi connectivity index (χ0n) is 20.4. The molecule has 0 aromatic rings. The first-order valence-corrected chi connectivity index (χ1v) is 12.0. The summed E-state index contributed by atoms with van der Waals surface area (Å²) in [5.74, 6) is 1.16. The van der Waals surface area contributed by atoms with Crippen LogP contribution in [0.3, 0.4) is 0 Å². The SMILES string of the molecule is C=C(C)[C@H]1CCC2[C@H](OC)C([C@@]3(C)CC[C@H](OC(C)=O)C[C@@H]3COC(C)=O)CC[C@@]21C. The van der Waals surface area contributed by atoms with Crippen molar-refractivity contribution in [3.8, 4) is 0 Å². The van der Waals surface area contributed by atoms with Crippen LogP contribution < -0.4 is 0 Å². The van der Waals surface area contributed by atoms with E-state index in [-0.39, 0.29) is 40.9 Å². The van der Waals surface area contributed by atoms with Crippen LogP contribution in [-0.4, -0.2) is 37.9 Å². The number of ether oxygens (including phenoxy) is 3. The van der Waals surface area contributed by atoms with Crippen molar-refractivity contribution in [2.24, 2.45) is 34.5 Å². The molecule has 0 N–H and O–H groups in total. The molecule has 5 nitrogen and oxygen atoms in total. The average molecular weight is 435 g/mol. The van der Waals surface area contributed by atoms with Crippen molar-refractivity contribution in [2.45, 2.75) is 91.8 Å². The van der Waals surface area contributed by atoms with Crippen molar-refractivity contribution in [1.82, 2.24) is 0 Å². The lowest BCUT2D eigenvalue weighted by molar-refractivity contribution is -0.170. The topological polar surface area (TPSA) is 61.8 Å². The summed E-state index contributed by atoms with van der Waals surface area (Å²) >= 11 is 0. The lowest BCUT2D eigenvalue weighted by Gasteiger charge is -2.56. The second kappa shape index (κ2) is 9.25. The Labute approximate surface area is 188 Å². The van der Waals surface area contributed by atoms with Gasteiger partial charge in [-0.3, -0.25) is 9.59 Å². The molecule has 0 saturated heterocycles. The molecule has 3 rings (SSSR count). The molecule has 0 aromatic heterocycles. The maximum atomic E-state index is 11.6. The summed E-state index contributed by atoms with van der Waals surface area (Å²) in [6.07, 6.45) is 7.33. The van der Waals surface area contributed by atoms with Gasteiger partial charge in [0.25, 0.3) is 0 Å². The van der Waals surface area contributed by atoms with Gasteiger partial charge in [0, 0.05) is 26.9 Å². The highest BCUT2D eigenvalue weighted by atomic mass is 16.5. The van der Waals surface area contributed by atoms with Crippen LogP contribution in [0.4, 0.5) is 0 Å². The summed E-state index contributed by atoms with van der Waals surface area (Å²) in [6, 6.07) is 0. The van der Waals surface area contributed by atoms with Gasteiger partial charge in [0.1, 0.15) is 6.10 Å². The van der Waals surface area contributed by atoms with Gasteiger partial charge in [0.05, 0.1) is 12.7 Å². The Hall–Kier alpha value is -1.36. The van der Waals surface area contributed by atoms with E-state index in [0.717, 1.165) is 25.7 Å². The Bertz CT molecular complexity index is 702. The van der Waals surface area contributed by atoms with Gasteiger partial charge in [-0.25, -0.2) is 0 Å². The third kappa shape index (κ3) is 4.58. The van der Waals surface area contributed by atoms with Gasteiger partial charge < -0.3 is 14.2 Å². The molecular formula is C26H42O5. The number of hydrogen-bond donors (Lipinski definition) is 0. The molecule has 0 amide bonds. The summed E-state index contributed by atoms with van der Waals surface area (Å²) in [5.41, 5.74) is 1.54. The first-order valence-electron chi connectivity index (χ1n) is 12.0. The summed E-state index contributed by atoms with van der Waals surface area (Å²) in [7, 11) is 1.87. The Kier molecular flexibility index (Phi) is 7.25. The smallest absolute Gasteiger partial charge is 0.302 e. The molecule has 3 aliphatic rings. The lowest BCUT2D eigenvalue weighted by Crippen LogP contribution is -2.55. The van der Waals surface area contributed by atoms with E-state index in [1.165, 1.54) is 38.7 Å². The maximum absolute atomic E-state index is 11.6. The molecule has 2 unspecified atom stereocenters. The number of allylic oxidation sites excluding steroid dienone is 1. The maximum Gasteiger partial charge on any atom is 0.302 e. The van der Waals surface area contributed by atoms with E-state index in [9.17, 15) is 9.59 Å². The molecule has 3 fully saturated rings. The van der Waals surface area contributed by atoms with Crippen molar-refractivity contribution < 1.29 is 23.8 Å². The normalized spacial score (nSPS) is 42.5. The van der Waals surface area contributed by atoms with Crippen LogP contribution in [-0.2, 0) is 23.8 Å². The van der Waals surface area contributed by atoms with E-state index in [1.807, 2.05) is 7.11 Å². The molecule has 0 heterocycles. The van der Waals surface area contributed by atoms with Crippen molar-refractivity contribution in [2.75, 3.05) is 13.7 Å². The Morgan fingerprint density at radius 2 is 1.58 bits per heavy atom. The van der Waals surface area contributed by atoms with E-state index < -0.39 is 0 Å². The second-order valence-electron chi connectivity index (χ2n) is 10.9. The Morgan fingerprint density at radius 1 is 0.935 bits per heavy atom. The number of carbonyl (C=O) groups is 2. The third-order valence-electron chi connectivity index (χ3n) is 9.22. The minimum Gasteiger partial charge on any atom is -0.466 e. The Morgan fingerprint density at radius 3 is 2.16 bits per heavy atom. The number of carbonyl (C=O) groups excluding carboxylic acids is 2. The summed E-state index contributed by atoms with van der Waals surface area (Å²) < 4.78 is 17.4. The Balaban J connectivity index is 1.86. The zero-order chi connectivity index (χ0) is 23.0. The quantitative estimate of drug-likeness (QED) is 0.418. The van der Waals surface area contributed by atoms with Crippen LogP contribution in [0.1, 0.15) is 79.6 Å². The summed E-state index contributed by atoms with van der Waals surface area (Å²) in [4.78, 5) is 23.2. The molecular weight excluding hydrogens is 392 g/mol. The highest BCUT2D eigenvalue weighted by molar-refractivity contribution is 5.66. The van der Waals surface area contributed by atoms with Gasteiger partial charge in [-0.2, -0.15) is 0 Å². The molecule has 3 saturated carbocycles. The minimum atomic E-state index is -0.253. The monoisotopic (exact) mass is 434 g/mol. The molecule has 0 radical (unpaired) electrons. The van der Waals surface area contributed by atoms with Crippen LogP contribution >= 0.6 is 0 Å². The van der Waals surface area contributed by atoms with Gasteiger partial charge in [-0.05, 0) is 80.5 Å². The highest BCUT2D eigenvalue weighted by Gasteiger charge is 2.59. The third-order valence-corrected chi connectivity index (χ3v) is 9.22. The van der Waals surface area contributed by atoms with Crippen molar-refractivity contribution in [1.29, 1.82) is 0 Å². The molecule has 5 heteroatoms. The lowest BCUT2D eigenvalue weighted by atomic mass is 9.51. The van der Waals surface area contributed by atoms with Crippen LogP contribution in [0.2, 0.25) is 0 Å². The van der Waals surface area contributed by atoms with E-state index in [0.29, 0.717) is 24.4 Å². The molecule has 0 bridgehead atoms. The summed E-state index contributed by atoms with van der Waals surface area (Å²) in [6.45, 7) is 14.6. The van der Waals surface area contributed by atoms with E-state index in [4.69, 9.17) is 14.2 Å². The van der Waals surface area contributed by atoms with Gasteiger partial charge in [0.15, 0.2) is 0 Å². The van der Waals surface area contributed by atoms with Crippen LogP contribution in [0, 0.1) is 34.5 Å².